The second-order valence-electron chi connectivity index (χ2n) is 3.04. The molecule has 0 saturated heterocycles. The van der Waals surface area contributed by atoms with E-state index < -0.39 is 10.0 Å². The molecular weight excluding hydrogens is 164 g/mol. The summed E-state index contributed by atoms with van der Waals surface area (Å²) in [7, 11) is -1.10. The molecule has 0 spiro atoms. The maximum absolute atomic E-state index is 10.7. The Balaban J connectivity index is 2.24. The van der Waals surface area contributed by atoms with Gasteiger partial charge in [0.1, 0.15) is 0 Å². The number of hydrogen-bond acceptors (Lipinski definition) is 3. The zero-order valence-corrected chi connectivity index (χ0v) is 7.61. The molecule has 1 saturated carbocycles. The topological polar surface area (TPSA) is 58.2 Å². The van der Waals surface area contributed by atoms with E-state index in [0.717, 1.165) is 12.8 Å². The minimum atomic E-state index is -2.99. The van der Waals surface area contributed by atoms with Crippen LogP contribution in [0.4, 0.5) is 0 Å². The van der Waals surface area contributed by atoms with Crippen molar-refractivity contribution < 1.29 is 8.42 Å². The maximum Gasteiger partial charge on any atom is 0.208 e. The fraction of sp³-hybridized carbons (Fsp3) is 1.00. The van der Waals surface area contributed by atoms with Crippen molar-refractivity contribution in [1.82, 2.24) is 10.0 Å². The molecule has 1 rings (SSSR count). The smallest absolute Gasteiger partial charge is 0.208 e. The Morgan fingerprint density at radius 3 is 2.18 bits per heavy atom. The van der Waals surface area contributed by atoms with E-state index >= 15 is 0 Å². The third kappa shape index (κ3) is 2.76. The van der Waals surface area contributed by atoms with Gasteiger partial charge in [-0.2, -0.15) is 0 Å². The molecule has 1 aliphatic rings. The van der Waals surface area contributed by atoms with Crippen LogP contribution in [0.3, 0.4) is 0 Å². The predicted molar refractivity (Wildman–Crippen MR) is 43.8 cm³/mol. The summed E-state index contributed by atoms with van der Waals surface area (Å²) in [4.78, 5) is 0. The fourth-order valence-corrected chi connectivity index (χ4v) is 2.05. The molecule has 66 valence electrons. The first kappa shape index (κ1) is 8.96. The van der Waals surface area contributed by atoms with Crippen LogP contribution >= 0.6 is 0 Å². The Kier molecular flexibility index (Phi) is 2.51. The summed E-state index contributed by atoms with van der Waals surface area (Å²) in [5.74, 6) is 0. The Hall–Kier alpha value is -0.130. The van der Waals surface area contributed by atoms with E-state index in [0.29, 0.717) is 6.04 Å². The molecule has 0 bridgehead atoms. The molecule has 5 heteroatoms. The fourth-order valence-electron chi connectivity index (χ4n) is 1.25. The monoisotopic (exact) mass is 178 g/mol. The zero-order chi connectivity index (χ0) is 8.48. The van der Waals surface area contributed by atoms with Gasteiger partial charge < -0.3 is 5.32 Å². The molecule has 1 aliphatic carbocycles. The lowest BCUT2D eigenvalue weighted by atomic mass is 9.88. The van der Waals surface area contributed by atoms with Gasteiger partial charge in [0.2, 0.25) is 10.0 Å². The summed E-state index contributed by atoms with van der Waals surface area (Å²) in [6, 6.07) is 0.650. The normalized spacial score (nSPS) is 31.5. The largest absolute Gasteiger partial charge is 0.317 e. The summed E-state index contributed by atoms with van der Waals surface area (Å²) >= 11 is 0. The first-order valence-electron chi connectivity index (χ1n) is 3.66. The van der Waals surface area contributed by atoms with Gasteiger partial charge in [-0.05, 0) is 19.9 Å². The van der Waals surface area contributed by atoms with Gasteiger partial charge >= 0.3 is 0 Å². The summed E-state index contributed by atoms with van der Waals surface area (Å²) in [5.41, 5.74) is 0. The highest BCUT2D eigenvalue weighted by Crippen LogP contribution is 2.19. The third-order valence-electron chi connectivity index (χ3n) is 1.93. The van der Waals surface area contributed by atoms with Crippen molar-refractivity contribution in [2.45, 2.75) is 24.9 Å². The van der Waals surface area contributed by atoms with E-state index in [9.17, 15) is 8.42 Å². The molecule has 0 radical (unpaired) electrons. The first-order chi connectivity index (χ1) is 5.01. The van der Waals surface area contributed by atoms with Crippen molar-refractivity contribution >= 4 is 10.0 Å². The van der Waals surface area contributed by atoms with Crippen LogP contribution in [-0.2, 0) is 10.0 Å². The quantitative estimate of drug-likeness (QED) is 0.600. The van der Waals surface area contributed by atoms with Gasteiger partial charge in [0.25, 0.3) is 0 Å². The highest BCUT2D eigenvalue weighted by molar-refractivity contribution is 7.88. The van der Waals surface area contributed by atoms with Gasteiger partial charge in [0.05, 0.1) is 6.26 Å². The molecule has 0 aliphatic heterocycles. The molecule has 1 fully saturated rings. The molecule has 4 nitrogen and oxygen atoms in total. The minimum Gasteiger partial charge on any atom is -0.317 e. The van der Waals surface area contributed by atoms with Gasteiger partial charge in [-0.15, -0.1) is 0 Å². The Labute approximate surface area is 67.4 Å². The number of nitrogens with one attached hydrogen (secondary N) is 2. The molecule has 0 amide bonds. The van der Waals surface area contributed by atoms with Crippen LogP contribution in [0.5, 0.6) is 0 Å². The van der Waals surface area contributed by atoms with E-state index in [1.165, 1.54) is 6.26 Å². The lowest BCUT2D eigenvalue weighted by Gasteiger charge is -2.34. The van der Waals surface area contributed by atoms with Crippen molar-refractivity contribution in [3.8, 4) is 0 Å². The molecular formula is C6H14N2O2S. The number of rotatable bonds is 3. The summed E-state index contributed by atoms with van der Waals surface area (Å²) in [6.07, 6.45) is 3.01. The van der Waals surface area contributed by atoms with E-state index in [2.05, 4.69) is 10.0 Å². The standard InChI is InChI=1S/C6H14N2O2S/c1-7-5-3-6(4-5)8-11(2,9)10/h5-8H,3-4H2,1-2H3. The molecule has 0 aromatic rings. The molecule has 0 aromatic heterocycles. The van der Waals surface area contributed by atoms with E-state index in [4.69, 9.17) is 0 Å². The summed E-state index contributed by atoms with van der Waals surface area (Å²) in [5, 5.41) is 3.08. The molecule has 0 unspecified atom stereocenters. The first-order valence-corrected chi connectivity index (χ1v) is 5.55. The number of sulfonamides is 1. The van der Waals surface area contributed by atoms with Crippen molar-refractivity contribution in [1.29, 1.82) is 0 Å². The molecule has 2 N–H and O–H groups in total. The average Bonchev–Trinajstić information content (AvgIpc) is 1.75. The Bertz CT molecular complexity index is 219. The molecule has 0 aromatic carbocycles. The van der Waals surface area contributed by atoms with E-state index in [1.807, 2.05) is 7.05 Å². The third-order valence-corrected chi connectivity index (χ3v) is 2.69. The maximum atomic E-state index is 10.7. The van der Waals surface area contributed by atoms with Gasteiger partial charge in [-0.3, -0.25) is 0 Å². The second kappa shape index (κ2) is 3.08. The summed E-state index contributed by atoms with van der Waals surface area (Å²) in [6.45, 7) is 0. The second-order valence-corrected chi connectivity index (χ2v) is 4.82. The van der Waals surface area contributed by atoms with Crippen molar-refractivity contribution in [2.24, 2.45) is 0 Å². The van der Waals surface area contributed by atoms with Crippen LogP contribution < -0.4 is 10.0 Å². The Morgan fingerprint density at radius 2 is 1.82 bits per heavy atom. The van der Waals surface area contributed by atoms with E-state index in [-0.39, 0.29) is 6.04 Å². The lowest BCUT2D eigenvalue weighted by Crippen LogP contribution is -2.51. The van der Waals surface area contributed by atoms with Crippen LogP contribution in [-0.4, -0.2) is 33.8 Å². The SMILES string of the molecule is CNC1CC(NS(C)(=O)=O)C1. The van der Waals surface area contributed by atoms with Crippen molar-refractivity contribution in [3.63, 3.8) is 0 Å². The van der Waals surface area contributed by atoms with Crippen LogP contribution in [0.15, 0.2) is 0 Å². The Morgan fingerprint density at radius 1 is 1.27 bits per heavy atom. The van der Waals surface area contributed by atoms with Crippen molar-refractivity contribution in [3.05, 3.63) is 0 Å². The van der Waals surface area contributed by atoms with Crippen molar-refractivity contribution in [2.75, 3.05) is 13.3 Å². The minimum absolute atomic E-state index is 0.155. The number of hydrogen-bond donors (Lipinski definition) is 2. The highest BCUT2D eigenvalue weighted by atomic mass is 32.2. The van der Waals surface area contributed by atoms with Crippen LogP contribution in [0.25, 0.3) is 0 Å². The van der Waals surface area contributed by atoms with Gasteiger partial charge in [-0.25, -0.2) is 13.1 Å². The van der Waals surface area contributed by atoms with Crippen LogP contribution in [0.2, 0.25) is 0 Å². The van der Waals surface area contributed by atoms with Gasteiger partial charge in [-0.1, -0.05) is 0 Å². The molecule has 0 heterocycles. The van der Waals surface area contributed by atoms with E-state index in [1.54, 1.807) is 0 Å². The van der Waals surface area contributed by atoms with Crippen LogP contribution in [0, 0.1) is 0 Å². The summed E-state index contributed by atoms with van der Waals surface area (Å²) < 4.78 is 23.9. The molecule has 0 atom stereocenters. The molecule has 11 heavy (non-hydrogen) atoms. The van der Waals surface area contributed by atoms with Gasteiger partial charge in [0.15, 0.2) is 0 Å². The lowest BCUT2D eigenvalue weighted by molar-refractivity contribution is 0.289. The zero-order valence-electron chi connectivity index (χ0n) is 6.79. The average molecular weight is 178 g/mol. The van der Waals surface area contributed by atoms with Gasteiger partial charge in [0, 0.05) is 12.1 Å². The van der Waals surface area contributed by atoms with Crippen LogP contribution in [0.1, 0.15) is 12.8 Å². The highest BCUT2D eigenvalue weighted by Gasteiger charge is 2.29. The predicted octanol–water partition coefficient (Wildman–Crippen LogP) is -0.714.